The molecule has 0 radical (unpaired) electrons. The SMILES string of the molecule is C=CCC1(C)C=CC(=Cc2ccccc2C[SiH](C)C)C=C1. The molecule has 1 aliphatic carbocycles. The van der Waals surface area contributed by atoms with Crippen molar-refractivity contribution in [3.05, 3.63) is 77.9 Å². The lowest BCUT2D eigenvalue weighted by Gasteiger charge is -2.23. The maximum Gasteiger partial charge on any atom is 0.0352 e. The summed E-state index contributed by atoms with van der Waals surface area (Å²) in [6.07, 6.45) is 14.4. The minimum Gasteiger partial charge on any atom is -0.103 e. The zero-order valence-electron chi connectivity index (χ0n) is 13.5. The monoisotopic (exact) mass is 294 g/mol. The highest BCUT2D eigenvalue weighted by molar-refractivity contribution is 6.55. The highest BCUT2D eigenvalue weighted by Gasteiger charge is 2.17. The van der Waals surface area contributed by atoms with E-state index in [-0.39, 0.29) is 5.41 Å². The number of hydrogen-bond acceptors (Lipinski definition) is 0. The molecule has 0 spiro atoms. The molecule has 2 rings (SSSR count). The van der Waals surface area contributed by atoms with E-state index in [4.69, 9.17) is 0 Å². The molecule has 110 valence electrons. The zero-order valence-corrected chi connectivity index (χ0v) is 14.6. The molecule has 0 bridgehead atoms. The largest absolute Gasteiger partial charge is 0.103 e. The van der Waals surface area contributed by atoms with E-state index in [2.05, 4.69) is 81.2 Å². The Balaban J connectivity index is 2.23. The summed E-state index contributed by atoms with van der Waals surface area (Å²) in [4.78, 5) is 0. The van der Waals surface area contributed by atoms with Gasteiger partial charge < -0.3 is 0 Å². The van der Waals surface area contributed by atoms with Gasteiger partial charge in [-0.25, -0.2) is 0 Å². The third-order valence-electron chi connectivity index (χ3n) is 3.90. The van der Waals surface area contributed by atoms with Gasteiger partial charge >= 0.3 is 0 Å². The predicted molar refractivity (Wildman–Crippen MR) is 98.2 cm³/mol. The van der Waals surface area contributed by atoms with Crippen molar-refractivity contribution in [2.45, 2.75) is 32.5 Å². The van der Waals surface area contributed by atoms with E-state index in [1.807, 2.05) is 6.08 Å². The van der Waals surface area contributed by atoms with Crippen LogP contribution in [-0.4, -0.2) is 8.80 Å². The molecule has 0 saturated carbocycles. The van der Waals surface area contributed by atoms with Crippen LogP contribution in [0.25, 0.3) is 6.08 Å². The van der Waals surface area contributed by atoms with E-state index in [1.165, 1.54) is 22.7 Å². The van der Waals surface area contributed by atoms with E-state index in [0.717, 1.165) is 6.42 Å². The van der Waals surface area contributed by atoms with Crippen molar-refractivity contribution in [1.82, 2.24) is 0 Å². The van der Waals surface area contributed by atoms with Crippen LogP contribution < -0.4 is 0 Å². The molecule has 1 heteroatoms. The van der Waals surface area contributed by atoms with Gasteiger partial charge in [0.05, 0.1) is 0 Å². The second-order valence-electron chi connectivity index (χ2n) is 6.61. The minimum atomic E-state index is -0.589. The standard InChI is InChI=1S/C20H26Si/c1-5-12-20(2)13-10-17(11-14-20)15-18-8-6-7-9-19(18)16-21(3)4/h5-11,13-15,21H,1,12,16H2,2-4H3. The van der Waals surface area contributed by atoms with Crippen LogP contribution in [0.4, 0.5) is 0 Å². The van der Waals surface area contributed by atoms with Crippen LogP contribution in [-0.2, 0) is 6.04 Å². The van der Waals surface area contributed by atoms with Crippen molar-refractivity contribution in [3.8, 4) is 0 Å². The Morgan fingerprint density at radius 1 is 1.14 bits per heavy atom. The summed E-state index contributed by atoms with van der Waals surface area (Å²) < 4.78 is 0. The lowest BCUT2D eigenvalue weighted by atomic mass is 9.82. The van der Waals surface area contributed by atoms with Crippen LogP contribution in [0.15, 0.2) is 66.8 Å². The molecule has 0 aromatic heterocycles. The summed E-state index contributed by atoms with van der Waals surface area (Å²) in [5.74, 6) is 0. The van der Waals surface area contributed by atoms with Crippen LogP contribution in [0, 0.1) is 5.41 Å². The van der Waals surface area contributed by atoms with Gasteiger partial charge in [0.15, 0.2) is 0 Å². The van der Waals surface area contributed by atoms with Crippen LogP contribution in [0.1, 0.15) is 24.5 Å². The Kier molecular flexibility index (Phi) is 5.19. The number of allylic oxidation sites excluding steroid dienone is 6. The van der Waals surface area contributed by atoms with E-state index in [9.17, 15) is 0 Å². The van der Waals surface area contributed by atoms with E-state index < -0.39 is 8.80 Å². The van der Waals surface area contributed by atoms with Crippen molar-refractivity contribution < 1.29 is 0 Å². The molecular weight excluding hydrogens is 268 g/mol. The van der Waals surface area contributed by atoms with Gasteiger partial charge in [0.2, 0.25) is 0 Å². The van der Waals surface area contributed by atoms with Gasteiger partial charge in [0.25, 0.3) is 0 Å². The number of hydrogen-bond donors (Lipinski definition) is 0. The first kappa shape index (κ1) is 15.8. The number of rotatable bonds is 5. The Hall–Kier alpha value is -1.60. The highest BCUT2D eigenvalue weighted by atomic mass is 28.3. The average molecular weight is 295 g/mol. The molecule has 1 aliphatic rings. The lowest BCUT2D eigenvalue weighted by molar-refractivity contribution is 0.558. The molecule has 0 fully saturated rings. The minimum absolute atomic E-state index is 0.128. The summed E-state index contributed by atoms with van der Waals surface area (Å²) in [6.45, 7) is 10.9. The molecule has 0 unspecified atom stereocenters. The molecule has 1 aromatic carbocycles. The Labute approximate surface area is 131 Å². The van der Waals surface area contributed by atoms with Gasteiger partial charge in [-0.15, -0.1) is 6.58 Å². The fraction of sp³-hybridized carbons (Fsp3) is 0.300. The third kappa shape index (κ3) is 4.43. The molecule has 0 heterocycles. The van der Waals surface area contributed by atoms with Crippen molar-refractivity contribution in [1.29, 1.82) is 0 Å². The summed E-state index contributed by atoms with van der Waals surface area (Å²) >= 11 is 0. The van der Waals surface area contributed by atoms with Crippen LogP contribution >= 0.6 is 0 Å². The fourth-order valence-electron chi connectivity index (χ4n) is 2.71. The molecule has 0 atom stereocenters. The first-order chi connectivity index (χ1) is 10.0. The Bertz CT molecular complexity index is 572. The van der Waals surface area contributed by atoms with Gasteiger partial charge in [-0.1, -0.05) is 74.7 Å². The van der Waals surface area contributed by atoms with Crippen LogP contribution in [0.2, 0.25) is 13.1 Å². The highest BCUT2D eigenvalue weighted by Crippen LogP contribution is 2.31. The molecule has 21 heavy (non-hydrogen) atoms. The first-order valence-corrected chi connectivity index (χ1v) is 10.9. The number of benzene rings is 1. The van der Waals surface area contributed by atoms with Crippen molar-refractivity contribution in [2.24, 2.45) is 5.41 Å². The lowest BCUT2D eigenvalue weighted by Crippen LogP contribution is -2.10. The zero-order chi connectivity index (χ0) is 15.3. The van der Waals surface area contributed by atoms with Gasteiger partial charge in [0, 0.05) is 14.2 Å². The molecule has 1 aromatic rings. The average Bonchev–Trinajstić information content (AvgIpc) is 2.43. The molecule has 0 saturated heterocycles. The van der Waals surface area contributed by atoms with Gasteiger partial charge in [-0.05, 0) is 35.2 Å². The summed E-state index contributed by atoms with van der Waals surface area (Å²) in [5.41, 5.74) is 4.28. The molecule has 0 N–H and O–H groups in total. The van der Waals surface area contributed by atoms with Gasteiger partial charge in [0.1, 0.15) is 0 Å². The van der Waals surface area contributed by atoms with Crippen molar-refractivity contribution >= 4 is 14.9 Å². The first-order valence-electron chi connectivity index (χ1n) is 7.81. The summed E-state index contributed by atoms with van der Waals surface area (Å²) in [6, 6.07) is 10.1. The van der Waals surface area contributed by atoms with E-state index >= 15 is 0 Å². The smallest absolute Gasteiger partial charge is 0.0352 e. The fourth-order valence-corrected chi connectivity index (χ4v) is 3.96. The third-order valence-corrected chi connectivity index (χ3v) is 5.16. The maximum absolute atomic E-state index is 3.85. The topological polar surface area (TPSA) is 0 Å². The molecule has 0 amide bonds. The van der Waals surface area contributed by atoms with Crippen LogP contribution in [0.3, 0.4) is 0 Å². The quantitative estimate of drug-likeness (QED) is 0.507. The van der Waals surface area contributed by atoms with Gasteiger partial charge in [-0.2, -0.15) is 0 Å². The molecule has 0 aliphatic heterocycles. The maximum atomic E-state index is 3.85. The molecular formula is C20H26Si. The summed E-state index contributed by atoms with van der Waals surface area (Å²) in [7, 11) is -0.589. The Morgan fingerprint density at radius 2 is 1.81 bits per heavy atom. The van der Waals surface area contributed by atoms with Crippen molar-refractivity contribution in [2.75, 3.05) is 0 Å². The van der Waals surface area contributed by atoms with Gasteiger partial charge in [-0.3, -0.25) is 0 Å². The second-order valence-corrected chi connectivity index (χ2v) is 9.80. The van der Waals surface area contributed by atoms with Crippen LogP contribution in [0.5, 0.6) is 0 Å². The Morgan fingerprint density at radius 3 is 2.43 bits per heavy atom. The van der Waals surface area contributed by atoms with Crippen molar-refractivity contribution in [3.63, 3.8) is 0 Å². The molecule has 0 nitrogen and oxygen atoms in total. The second kappa shape index (κ2) is 6.90. The van der Waals surface area contributed by atoms with E-state index in [0.29, 0.717) is 0 Å². The normalized spacial score (nSPS) is 20.9. The summed E-state index contributed by atoms with van der Waals surface area (Å²) in [5, 5.41) is 0. The predicted octanol–water partition coefficient (Wildman–Crippen LogP) is 5.35. The van der Waals surface area contributed by atoms with E-state index in [1.54, 1.807) is 0 Å².